The molecule has 0 aliphatic heterocycles. The van der Waals surface area contributed by atoms with Crippen molar-refractivity contribution in [1.82, 2.24) is 14.9 Å². The van der Waals surface area contributed by atoms with Gasteiger partial charge in [-0.25, -0.2) is 4.98 Å². The lowest BCUT2D eigenvalue weighted by molar-refractivity contribution is 0.720. The highest BCUT2D eigenvalue weighted by molar-refractivity contribution is 5.63. The first kappa shape index (κ1) is 12.8. The molecule has 0 radical (unpaired) electrons. The van der Waals surface area contributed by atoms with Crippen LogP contribution in [0.2, 0.25) is 0 Å². The number of nitrogens with zero attached hydrogens (tertiary/aromatic N) is 2. The lowest BCUT2D eigenvalue weighted by Gasteiger charge is -2.07. The fourth-order valence-corrected chi connectivity index (χ4v) is 2.27. The van der Waals surface area contributed by atoms with Crippen molar-refractivity contribution in [1.29, 1.82) is 0 Å². The van der Waals surface area contributed by atoms with E-state index in [0.717, 1.165) is 24.5 Å². The number of hydrogen-bond acceptors (Lipinski definition) is 2. The van der Waals surface area contributed by atoms with E-state index in [1.54, 1.807) is 0 Å². The number of likely N-dealkylation sites (N-methyl/N-ethyl adjacent to an activating group) is 1. The second kappa shape index (κ2) is 5.36. The summed E-state index contributed by atoms with van der Waals surface area (Å²) in [5, 5.41) is 3.17. The molecule has 0 bridgehead atoms. The van der Waals surface area contributed by atoms with Crippen LogP contribution in [-0.2, 0) is 13.5 Å². The van der Waals surface area contributed by atoms with Gasteiger partial charge in [0.2, 0.25) is 0 Å². The predicted molar refractivity (Wildman–Crippen MR) is 75.7 cm³/mol. The second-order valence-electron chi connectivity index (χ2n) is 4.74. The number of benzene rings is 1. The summed E-state index contributed by atoms with van der Waals surface area (Å²) in [5.41, 5.74) is 4.85. The van der Waals surface area contributed by atoms with Crippen molar-refractivity contribution in [3.63, 3.8) is 0 Å². The molecule has 1 N–H and O–H groups in total. The van der Waals surface area contributed by atoms with Crippen molar-refractivity contribution in [3.05, 3.63) is 41.3 Å². The molecule has 1 heterocycles. The van der Waals surface area contributed by atoms with E-state index in [-0.39, 0.29) is 0 Å². The number of nitrogens with one attached hydrogen (secondary N) is 1. The number of aryl methyl sites for hydroxylation is 2. The summed E-state index contributed by atoms with van der Waals surface area (Å²) in [6, 6.07) is 8.63. The summed E-state index contributed by atoms with van der Waals surface area (Å²) in [4.78, 5) is 4.67. The minimum Gasteiger partial charge on any atom is -0.331 e. The molecule has 0 saturated carbocycles. The van der Waals surface area contributed by atoms with Gasteiger partial charge in [0.05, 0.1) is 11.4 Å². The van der Waals surface area contributed by atoms with Crippen LogP contribution in [0.3, 0.4) is 0 Å². The van der Waals surface area contributed by atoms with Crippen molar-refractivity contribution in [3.8, 4) is 11.3 Å². The van der Waals surface area contributed by atoms with Crippen molar-refractivity contribution in [2.45, 2.75) is 20.3 Å². The Morgan fingerprint density at radius 1 is 1.17 bits per heavy atom. The van der Waals surface area contributed by atoms with Gasteiger partial charge in [-0.2, -0.15) is 0 Å². The van der Waals surface area contributed by atoms with E-state index >= 15 is 0 Å². The maximum atomic E-state index is 4.67. The zero-order valence-electron chi connectivity index (χ0n) is 11.6. The lowest BCUT2D eigenvalue weighted by Crippen LogP contribution is -2.13. The van der Waals surface area contributed by atoms with E-state index in [1.165, 1.54) is 16.8 Å². The summed E-state index contributed by atoms with van der Waals surface area (Å²) in [5.74, 6) is 1.14. The van der Waals surface area contributed by atoms with Crippen LogP contribution in [0, 0.1) is 13.8 Å². The maximum absolute atomic E-state index is 4.67. The van der Waals surface area contributed by atoms with Crippen molar-refractivity contribution >= 4 is 0 Å². The van der Waals surface area contributed by atoms with E-state index in [0.29, 0.717) is 0 Å². The van der Waals surface area contributed by atoms with Gasteiger partial charge in [0, 0.05) is 25.6 Å². The zero-order chi connectivity index (χ0) is 13.1. The van der Waals surface area contributed by atoms with Crippen LogP contribution in [0.15, 0.2) is 24.3 Å². The number of hydrogen-bond donors (Lipinski definition) is 1. The smallest absolute Gasteiger partial charge is 0.110 e. The van der Waals surface area contributed by atoms with Crippen molar-refractivity contribution < 1.29 is 0 Å². The molecule has 0 atom stereocenters. The van der Waals surface area contributed by atoms with Crippen molar-refractivity contribution in [2.75, 3.05) is 13.6 Å². The Labute approximate surface area is 109 Å². The summed E-state index contributed by atoms with van der Waals surface area (Å²) in [6.45, 7) is 5.15. The van der Waals surface area contributed by atoms with E-state index in [4.69, 9.17) is 0 Å². The third kappa shape index (κ3) is 2.46. The van der Waals surface area contributed by atoms with Gasteiger partial charge in [-0.05, 0) is 20.9 Å². The second-order valence-corrected chi connectivity index (χ2v) is 4.74. The van der Waals surface area contributed by atoms with Gasteiger partial charge in [-0.1, -0.05) is 29.8 Å². The highest BCUT2D eigenvalue weighted by Crippen LogP contribution is 2.24. The third-order valence-electron chi connectivity index (χ3n) is 3.29. The topological polar surface area (TPSA) is 29.9 Å². The van der Waals surface area contributed by atoms with Gasteiger partial charge in [-0.15, -0.1) is 0 Å². The van der Waals surface area contributed by atoms with Crippen molar-refractivity contribution in [2.24, 2.45) is 7.05 Å². The Kier molecular flexibility index (Phi) is 3.82. The Morgan fingerprint density at radius 2 is 1.83 bits per heavy atom. The minimum atomic E-state index is 0.956. The highest BCUT2D eigenvalue weighted by Gasteiger charge is 2.12. The molecule has 0 unspecified atom stereocenters. The molecular formula is C15H21N3. The summed E-state index contributed by atoms with van der Waals surface area (Å²) in [6.07, 6.45) is 0.958. The largest absolute Gasteiger partial charge is 0.331 e. The Bertz CT molecular complexity index is 523. The van der Waals surface area contributed by atoms with Gasteiger partial charge in [-0.3, -0.25) is 0 Å². The molecule has 3 heteroatoms. The quantitative estimate of drug-likeness (QED) is 0.894. The average molecular weight is 243 g/mol. The third-order valence-corrected chi connectivity index (χ3v) is 3.29. The molecule has 0 aliphatic carbocycles. The van der Waals surface area contributed by atoms with Gasteiger partial charge >= 0.3 is 0 Å². The molecule has 1 aromatic carbocycles. The Balaban J connectivity index is 2.38. The van der Waals surface area contributed by atoms with Gasteiger partial charge in [0.1, 0.15) is 5.82 Å². The van der Waals surface area contributed by atoms with Crippen LogP contribution in [0.1, 0.15) is 17.1 Å². The van der Waals surface area contributed by atoms with Crippen LogP contribution in [0.4, 0.5) is 0 Å². The molecule has 0 spiro atoms. The van der Waals surface area contributed by atoms with Crippen LogP contribution < -0.4 is 5.32 Å². The molecule has 18 heavy (non-hydrogen) atoms. The van der Waals surface area contributed by atoms with Crippen LogP contribution in [0.5, 0.6) is 0 Å². The SMILES string of the molecule is CNCCc1nc(C)c(-c2ccc(C)cc2)n1C. The first-order valence-electron chi connectivity index (χ1n) is 6.37. The zero-order valence-corrected chi connectivity index (χ0v) is 11.6. The average Bonchev–Trinajstić information content (AvgIpc) is 2.63. The molecule has 2 rings (SSSR count). The maximum Gasteiger partial charge on any atom is 0.110 e. The number of aromatic nitrogens is 2. The minimum absolute atomic E-state index is 0.956. The lowest BCUT2D eigenvalue weighted by atomic mass is 10.1. The molecule has 2 aromatic rings. The van der Waals surface area contributed by atoms with E-state index < -0.39 is 0 Å². The molecule has 0 saturated heterocycles. The predicted octanol–water partition coefficient (Wildman–Crippen LogP) is 2.47. The van der Waals surface area contributed by atoms with Crippen LogP contribution >= 0.6 is 0 Å². The monoisotopic (exact) mass is 243 g/mol. The molecule has 96 valence electrons. The normalized spacial score (nSPS) is 10.9. The van der Waals surface area contributed by atoms with Gasteiger partial charge < -0.3 is 9.88 Å². The molecule has 1 aromatic heterocycles. The number of imidazole rings is 1. The molecular weight excluding hydrogens is 222 g/mol. The molecule has 0 aliphatic rings. The molecule has 0 fully saturated rings. The van der Waals surface area contributed by atoms with E-state index in [2.05, 4.69) is 60.0 Å². The number of rotatable bonds is 4. The van der Waals surface area contributed by atoms with E-state index in [9.17, 15) is 0 Å². The first-order chi connectivity index (χ1) is 8.63. The Hall–Kier alpha value is -1.61. The fourth-order valence-electron chi connectivity index (χ4n) is 2.27. The summed E-state index contributed by atoms with van der Waals surface area (Å²) in [7, 11) is 4.07. The standard InChI is InChI=1S/C15H21N3/c1-11-5-7-13(8-6-11)15-12(2)17-14(18(15)4)9-10-16-3/h5-8,16H,9-10H2,1-4H3. The van der Waals surface area contributed by atoms with Crippen LogP contribution in [-0.4, -0.2) is 23.1 Å². The summed E-state index contributed by atoms with van der Waals surface area (Å²) < 4.78 is 2.21. The van der Waals surface area contributed by atoms with E-state index in [1.807, 2.05) is 7.05 Å². The highest BCUT2D eigenvalue weighted by atomic mass is 15.1. The summed E-state index contributed by atoms with van der Waals surface area (Å²) >= 11 is 0. The Morgan fingerprint density at radius 3 is 2.44 bits per heavy atom. The van der Waals surface area contributed by atoms with Gasteiger partial charge in [0.25, 0.3) is 0 Å². The fraction of sp³-hybridized carbons (Fsp3) is 0.400. The first-order valence-corrected chi connectivity index (χ1v) is 6.37. The van der Waals surface area contributed by atoms with Gasteiger partial charge in [0.15, 0.2) is 0 Å². The molecule has 3 nitrogen and oxygen atoms in total. The van der Waals surface area contributed by atoms with Crippen LogP contribution in [0.25, 0.3) is 11.3 Å². The molecule has 0 amide bonds.